The van der Waals surface area contributed by atoms with Crippen molar-refractivity contribution in [1.82, 2.24) is 0 Å². The van der Waals surface area contributed by atoms with E-state index in [9.17, 15) is 9.59 Å². The summed E-state index contributed by atoms with van der Waals surface area (Å²) in [7, 11) is 1.44. The van der Waals surface area contributed by atoms with Crippen molar-refractivity contribution in [1.29, 1.82) is 0 Å². The summed E-state index contributed by atoms with van der Waals surface area (Å²) in [6.45, 7) is 0. The highest BCUT2D eigenvalue weighted by Gasteiger charge is 2.20. The molecule has 0 spiro atoms. The summed E-state index contributed by atoms with van der Waals surface area (Å²) in [5, 5.41) is 6.74. The molecule has 3 rings (SSSR count). The van der Waals surface area contributed by atoms with E-state index in [1.807, 2.05) is 0 Å². The Hall–Kier alpha value is -2.29. The fourth-order valence-corrected chi connectivity index (χ4v) is 3.72. The predicted octanol–water partition coefficient (Wildman–Crippen LogP) is 7.44. The molecule has 0 bridgehead atoms. The van der Waals surface area contributed by atoms with Crippen molar-refractivity contribution in [3.05, 3.63) is 80.3 Å². The van der Waals surface area contributed by atoms with E-state index < -0.39 is 11.9 Å². The number of nitrogens with zero attached hydrogens (tertiary/aromatic N) is 1. The van der Waals surface area contributed by atoms with Crippen LogP contribution < -0.4 is 19.7 Å². The number of hydrogen-bond donors (Lipinski definition) is 3. The van der Waals surface area contributed by atoms with E-state index in [2.05, 4.69) is 23.4 Å². The number of carbonyl (C=O) groups is 2. The van der Waals surface area contributed by atoms with Gasteiger partial charge in [-0.2, -0.15) is 0 Å². The molecule has 0 saturated carbocycles. The number of urea groups is 1. The van der Waals surface area contributed by atoms with Crippen molar-refractivity contribution < 1.29 is 14.3 Å². The van der Waals surface area contributed by atoms with Gasteiger partial charge in [0.1, 0.15) is 5.75 Å². The Kier molecular flexibility index (Phi) is 8.03. The van der Waals surface area contributed by atoms with Gasteiger partial charge in [-0.25, -0.2) is 9.10 Å². The first-order chi connectivity index (χ1) is 15.2. The molecule has 0 saturated heterocycles. The number of benzene rings is 3. The molecule has 3 aromatic rings. The van der Waals surface area contributed by atoms with Gasteiger partial charge in [0, 0.05) is 27.0 Å². The molecule has 6 nitrogen and oxygen atoms in total. The standard InChI is InChI=1S/C21H15Cl4N3O3S/c1-31-19-5-2-11(20(29)26-14-3-4-16(24)17(25)10-14)6-18(19)28(32)21(30)27-15-8-12(22)7-13(23)9-15/h2-10,32H,1H3,(H,26,29)(H,27,30). The molecule has 0 atom stereocenters. The number of ether oxygens (including phenoxy) is 1. The van der Waals surface area contributed by atoms with Gasteiger partial charge in [-0.05, 0) is 54.6 Å². The maximum absolute atomic E-state index is 12.7. The molecule has 166 valence electrons. The van der Waals surface area contributed by atoms with Gasteiger partial charge in [-0.15, -0.1) is 0 Å². The third-order valence-corrected chi connectivity index (χ3v) is 5.73. The molecule has 0 unspecified atom stereocenters. The molecule has 11 heteroatoms. The van der Waals surface area contributed by atoms with Crippen molar-refractivity contribution in [3.8, 4) is 5.75 Å². The monoisotopic (exact) mass is 529 g/mol. The highest BCUT2D eigenvalue weighted by Crippen LogP contribution is 2.32. The van der Waals surface area contributed by atoms with Crippen LogP contribution in [-0.2, 0) is 0 Å². The van der Waals surface area contributed by atoms with Gasteiger partial charge in [-0.3, -0.25) is 4.79 Å². The lowest BCUT2D eigenvalue weighted by Crippen LogP contribution is -2.27. The number of rotatable bonds is 5. The Bertz CT molecular complexity index is 1170. The van der Waals surface area contributed by atoms with Crippen LogP contribution in [0.1, 0.15) is 10.4 Å². The number of carbonyl (C=O) groups excluding carboxylic acids is 2. The minimum absolute atomic E-state index is 0.239. The number of hydrogen-bond acceptors (Lipinski definition) is 4. The lowest BCUT2D eigenvalue weighted by atomic mass is 10.1. The van der Waals surface area contributed by atoms with Crippen LogP contribution in [0.15, 0.2) is 54.6 Å². The Labute approximate surface area is 209 Å². The molecule has 0 aliphatic heterocycles. The predicted molar refractivity (Wildman–Crippen MR) is 134 cm³/mol. The first-order valence-electron chi connectivity index (χ1n) is 8.88. The topological polar surface area (TPSA) is 70.7 Å². The fourth-order valence-electron chi connectivity index (χ4n) is 2.69. The number of amides is 3. The van der Waals surface area contributed by atoms with Crippen molar-refractivity contribution in [2.75, 3.05) is 22.0 Å². The van der Waals surface area contributed by atoms with Gasteiger partial charge in [0.25, 0.3) is 5.91 Å². The van der Waals surface area contributed by atoms with Crippen molar-refractivity contribution in [3.63, 3.8) is 0 Å². The number of thiol groups is 1. The molecule has 0 heterocycles. The van der Waals surface area contributed by atoms with E-state index in [1.54, 1.807) is 24.3 Å². The largest absolute Gasteiger partial charge is 0.495 e. The van der Waals surface area contributed by atoms with Crippen LogP contribution >= 0.6 is 59.2 Å². The van der Waals surface area contributed by atoms with Crippen LogP contribution in [0.5, 0.6) is 5.75 Å². The molecule has 0 fully saturated rings. The second kappa shape index (κ2) is 10.6. The number of anilines is 3. The smallest absolute Gasteiger partial charge is 0.336 e. The third kappa shape index (κ3) is 5.94. The molecular formula is C21H15Cl4N3O3S. The lowest BCUT2D eigenvalue weighted by Gasteiger charge is -2.20. The molecule has 32 heavy (non-hydrogen) atoms. The SMILES string of the molecule is COc1ccc(C(=O)Nc2ccc(Cl)c(Cl)c2)cc1N(S)C(=O)Nc1cc(Cl)cc(Cl)c1. The third-order valence-electron chi connectivity index (χ3n) is 4.15. The Morgan fingerprint density at radius 3 is 2.16 bits per heavy atom. The van der Waals surface area contributed by atoms with E-state index in [-0.39, 0.29) is 11.3 Å². The Balaban J connectivity index is 1.83. The van der Waals surface area contributed by atoms with Crippen LogP contribution in [0.2, 0.25) is 20.1 Å². The minimum atomic E-state index is -0.619. The van der Waals surface area contributed by atoms with Crippen LogP contribution in [0.3, 0.4) is 0 Å². The maximum Gasteiger partial charge on any atom is 0.336 e. The zero-order valence-corrected chi connectivity index (χ0v) is 20.2. The van der Waals surface area contributed by atoms with E-state index in [4.69, 9.17) is 51.1 Å². The average molecular weight is 531 g/mol. The molecule has 0 aliphatic rings. The molecule has 2 N–H and O–H groups in total. The lowest BCUT2D eigenvalue weighted by molar-refractivity contribution is 0.102. The van der Waals surface area contributed by atoms with Gasteiger partial charge >= 0.3 is 6.03 Å². The summed E-state index contributed by atoms with van der Waals surface area (Å²) < 4.78 is 6.31. The average Bonchev–Trinajstić information content (AvgIpc) is 2.74. The van der Waals surface area contributed by atoms with Gasteiger partial charge in [-0.1, -0.05) is 59.2 Å². The number of methoxy groups -OCH3 is 1. The van der Waals surface area contributed by atoms with E-state index >= 15 is 0 Å². The van der Waals surface area contributed by atoms with Crippen molar-refractivity contribution in [2.24, 2.45) is 0 Å². The highest BCUT2D eigenvalue weighted by molar-refractivity contribution is 7.82. The summed E-state index contributed by atoms with van der Waals surface area (Å²) >= 11 is 28.1. The summed E-state index contributed by atoms with van der Waals surface area (Å²) in [5.74, 6) is -0.110. The maximum atomic E-state index is 12.7. The second-order valence-electron chi connectivity index (χ2n) is 6.37. The van der Waals surface area contributed by atoms with Gasteiger partial charge in [0.05, 0.1) is 22.8 Å². The molecule has 0 aromatic heterocycles. The van der Waals surface area contributed by atoms with Gasteiger partial charge in [0.2, 0.25) is 0 Å². The van der Waals surface area contributed by atoms with Crippen LogP contribution in [0.4, 0.5) is 21.9 Å². The zero-order valence-electron chi connectivity index (χ0n) is 16.3. The summed E-state index contributed by atoms with van der Waals surface area (Å²) in [4.78, 5) is 25.4. The van der Waals surface area contributed by atoms with E-state index in [0.29, 0.717) is 37.2 Å². The first kappa shape index (κ1) is 24.4. The molecule has 0 radical (unpaired) electrons. The molecule has 3 aromatic carbocycles. The fraction of sp³-hybridized carbons (Fsp3) is 0.0476. The van der Waals surface area contributed by atoms with Crippen molar-refractivity contribution in [2.45, 2.75) is 0 Å². The van der Waals surface area contributed by atoms with Crippen LogP contribution in [0.25, 0.3) is 0 Å². The number of nitrogens with one attached hydrogen (secondary N) is 2. The van der Waals surface area contributed by atoms with E-state index in [1.165, 1.54) is 37.4 Å². The van der Waals surface area contributed by atoms with Crippen LogP contribution in [-0.4, -0.2) is 19.0 Å². The van der Waals surface area contributed by atoms with Gasteiger partial charge in [0.15, 0.2) is 0 Å². The Morgan fingerprint density at radius 2 is 1.53 bits per heavy atom. The summed E-state index contributed by atoms with van der Waals surface area (Å²) in [6, 6.07) is 13.3. The highest BCUT2D eigenvalue weighted by atomic mass is 35.5. The van der Waals surface area contributed by atoms with Crippen molar-refractivity contribution >= 4 is 88.2 Å². The molecule has 0 aliphatic carbocycles. The summed E-state index contributed by atoms with van der Waals surface area (Å²) in [5.41, 5.74) is 1.33. The molecule has 3 amide bonds. The Morgan fingerprint density at radius 1 is 0.844 bits per heavy atom. The van der Waals surface area contributed by atoms with Crippen LogP contribution in [0, 0.1) is 0 Å². The molecular weight excluding hydrogens is 516 g/mol. The van der Waals surface area contributed by atoms with E-state index in [0.717, 1.165) is 4.31 Å². The quantitative estimate of drug-likeness (QED) is 0.300. The summed E-state index contributed by atoms with van der Waals surface area (Å²) in [6.07, 6.45) is 0. The van der Waals surface area contributed by atoms with Gasteiger partial charge < -0.3 is 15.4 Å². The normalized spacial score (nSPS) is 10.4. The first-order valence-corrected chi connectivity index (χ1v) is 10.8. The number of halogens is 4. The zero-order chi connectivity index (χ0) is 23.4. The second-order valence-corrected chi connectivity index (χ2v) is 8.46. The minimum Gasteiger partial charge on any atom is -0.495 e.